The molecule has 28 heavy (non-hydrogen) atoms. The number of benzene rings is 2. The first-order valence-electron chi connectivity index (χ1n) is 9.39. The van der Waals surface area contributed by atoms with Gasteiger partial charge in [-0.3, -0.25) is 4.79 Å². The molecule has 1 amide bonds. The Hall–Kier alpha value is -3.00. The lowest BCUT2D eigenvalue weighted by atomic mass is 9.85. The van der Waals surface area contributed by atoms with Crippen molar-refractivity contribution < 1.29 is 14.3 Å². The van der Waals surface area contributed by atoms with Crippen molar-refractivity contribution in [2.45, 2.75) is 46.1 Å². The molecule has 0 bridgehead atoms. The first-order chi connectivity index (χ1) is 13.3. The maximum Gasteiger partial charge on any atom is 0.234 e. The van der Waals surface area contributed by atoms with E-state index < -0.39 is 0 Å². The molecule has 0 atom stereocenters. The summed E-state index contributed by atoms with van der Waals surface area (Å²) in [6.07, 6.45) is -0.136. The summed E-state index contributed by atoms with van der Waals surface area (Å²) < 4.78 is 11.8. The van der Waals surface area contributed by atoms with Crippen LogP contribution in [-0.4, -0.2) is 19.1 Å². The average Bonchev–Trinajstić information content (AvgIpc) is 2.64. The van der Waals surface area contributed by atoms with Crippen molar-refractivity contribution >= 4 is 5.91 Å². The minimum Gasteiger partial charge on any atom is -0.490 e. The van der Waals surface area contributed by atoms with Crippen LogP contribution in [0.4, 0.5) is 0 Å². The molecule has 5 heteroatoms. The van der Waals surface area contributed by atoms with E-state index in [4.69, 9.17) is 14.7 Å². The molecular weight excluding hydrogens is 352 g/mol. The molecule has 0 saturated heterocycles. The van der Waals surface area contributed by atoms with Gasteiger partial charge in [-0.2, -0.15) is 5.26 Å². The van der Waals surface area contributed by atoms with Crippen molar-refractivity contribution in [3.8, 4) is 17.6 Å². The number of hydrogen-bond acceptors (Lipinski definition) is 4. The van der Waals surface area contributed by atoms with E-state index in [-0.39, 0.29) is 17.7 Å². The molecule has 2 aromatic carbocycles. The van der Waals surface area contributed by atoms with Gasteiger partial charge < -0.3 is 14.8 Å². The molecule has 2 aromatic rings. The average molecular weight is 380 g/mol. The highest BCUT2D eigenvalue weighted by Crippen LogP contribution is 2.33. The van der Waals surface area contributed by atoms with Crippen LogP contribution in [0.15, 0.2) is 42.5 Å². The number of carbonyl (C=O) groups excluding carboxylic acids is 1. The minimum absolute atomic E-state index is 0.00647. The Morgan fingerprint density at radius 3 is 2.54 bits per heavy atom. The Morgan fingerprint density at radius 2 is 1.82 bits per heavy atom. The smallest absolute Gasteiger partial charge is 0.234 e. The van der Waals surface area contributed by atoms with Gasteiger partial charge in [-0.25, -0.2) is 0 Å². The van der Waals surface area contributed by atoms with Gasteiger partial charge in [-0.1, -0.05) is 51.1 Å². The zero-order valence-electron chi connectivity index (χ0n) is 17.0. The van der Waals surface area contributed by atoms with E-state index >= 15 is 0 Å². The van der Waals surface area contributed by atoms with Gasteiger partial charge in [0, 0.05) is 6.54 Å². The fourth-order valence-corrected chi connectivity index (χ4v) is 2.82. The molecule has 0 aliphatic heterocycles. The van der Waals surface area contributed by atoms with Gasteiger partial charge in [0.15, 0.2) is 0 Å². The summed E-state index contributed by atoms with van der Waals surface area (Å²) in [4.78, 5) is 11.4. The fraction of sp³-hybridized carbons (Fsp3) is 0.391. The Balaban J connectivity index is 1.89. The van der Waals surface area contributed by atoms with Gasteiger partial charge in [0.25, 0.3) is 0 Å². The zero-order valence-corrected chi connectivity index (χ0v) is 17.0. The van der Waals surface area contributed by atoms with Crippen molar-refractivity contribution in [1.82, 2.24) is 5.32 Å². The minimum atomic E-state index is -0.282. The lowest BCUT2D eigenvalue weighted by Gasteiger charge is -2.24. The van der Waals surface area contributed by atoms with Crippen LogP contribution in [0.3, 0.4) is 0 Å². The molecule has 0 saturated carbocycles. The molecule has 0 unspecified atom stereocenters. The van der Waals surface area contributed by atoms with Crippen molar-refractivity contribution in [2.75, 3.05) is 13.2 Å². The van der Waals surface area contributed by atoms with E-state index in [2.05, 4.69) is 51.2 Å². The number of nitrogens with zero attached hydrogens (tertiary/aromatic N) is 1. The molecule has 0 aliphatic carbocycles. The van der Waals surface area contributed by atoms with Gasteiger partial charge in [-0.05, 0) is 41.2 Å². The lowest BCUT2D eigenvalue weighted by Crippen LogP contribution is -2.21. The van der Waals surface area contributed by atoms with Crippen LogP contribution in [0.1, 0.15) is 43.9 Å². The molecule has 0 fully saturated rings. The third kappa shape index (κ3) is 6.31. The standard InChI is InChI=1S/C23H28N2O3/c1-17-7-5-10-20(23(2,3)4)22(17)28-14-13-27-19-9-6-8-18(15-19)16-25-21(26)11-12-24/h5-10,15H,11,13-14,16H2,1-4H3,(H,25,26). The molecule has 0 radical (unpaired) electrons. The summed E-state index contributed by atoms with van der Waals surface area (Å²) >= 11 is 0. The summed E-state index contributed by atoms with van der Waals surface area (Å²) in [7, 11) is 0. The summed E-state index contributed by atoms with van der Waals surface area (Å²) in [6, 6.07) is 15.6. The van der Waals surface area contributed by atoms with Gasteiger partial charge >= 0.3 is 0 Å². The highest BCUT2D eigenvalue weighted by atomic mass is 16.5. The maximum absolute atomic E-state index is 11.4. The molecule has 0 aliphatic rings. The van der Waals surface area contributed by atoms with Crippen molar-refractivity contribution in [3.05, 3.63) is 59.2 Å². The number of ether oxygens (including phenoxy) is 2. The number of aryl methyl sites for hydroxylation is 1. The topological polar surface area (TPSA) is 71.3 Å². The van der Waals surface area contributed by atoms with Crippen LogP contribution in [0, 0.1) is 18.3 Å². The number of nitrogens with one attached hydrogen (secondary N) is 1. The van der Waals surface area contributed by atoms with E-state index in [1.807, 2.05) is 30.3 Å². The largest absolute Gasteiger partial charge is 0.490 e. The van der Waals surface area contributed by atoms with Crippen LogP contribution in [0.5, 0.6) is 11.5 Å². The fourth-order valence-electron chi connectivity index (χ4n) is 2.82. The Kier molecular flexibility index (Phi) is 7.45. The second-order valence-electron chi connectivity index (χ2n) is 7.66. The monoisotopic (exact) mass is 380 g/mol. The normalized spacial score (nSPS) is 10.8. The zero-order chi connectivity index (χ0) is 20.6. The van der Waals surface area contributed by atoms with Crippen molar-refractivity contribution in [1.29, 1.82) is 5.26 Å². The van der Waals surface area contributed by atoms with Crippen molar-refractivity contribution in [2.24, 2.45) is 0 Å². The second kappa shape index (κ2) is 9.80. The van der Waals surface area contributed by atoms with Crippen LogP contribution >= 0.6 is 0 Å². The quantitative estimate of drug-likeness (QED) is 0.694. The molecule has 5 nitrogen and oxygen atoms in total. The molecule has 0 heterocycles. The summed E-state index contributed by atoms with van der Waals surface area (Å²) in [5.74, 6) is 1.36. The third-order valence-electron chi connectivity index (χ3n) is 4.25. The number of para-hydroxylation sites is 1. The Bertz CT molecular complexity index is 848. The molecule has 0 spiro atoms. The van der Waals surface area contributed by atoms with Gasteiger partial charge in [-0.15, -0.1) is 0 Å². The van der Waals surface area contributed by atoms with Gasteiger partial charge in [0.1, 0.15) is 31.1 Å². The van der Waals surface area contributed by atoms with Crippen LogP contribution in [-0.2, 0) is 16.8 Å². The lowest BCUT2D eigenvalue weighted by molar-refractivity contribution is -0.120. The second-order valence-corrected chi connectivity index (χ2v) is 7.66. The van der Waals surface area contributed by atoms with E-state index in [1.165, 1.54) is 5.56 Å². The first kappa shape index (κ1) is 21.3. The highest BCUT2D eigenvalue weighted by Gasteiger charge is 2.20. The highest BCUT2D eigenvalue weighted by molar-refractivity contribution is 5.77. The predicted octanol–water partition coefficient (Wildman–Crippen LogP) is 4.28. The van der Waals surface area contributed by atoms with Crippen LogP contribution < -0.4 is 14.8 Å². The van der Waals surface area contributed by atoms with E-state index in [0.29, 0.717) is 19.8 Å². The van der Waals surface area contributed by atoms with E-state index in [9.17, 15) is 4.79 Å². The molecule has 0 aromatic heterocycles. The summed E-state index contributed by atoms with van der Waals surface area (Å²) in [5, 5.41) is 11.2. The van der Waals surface area contributed by atoms with Gasteiger partial charge in [0.2, 0.25) is 5.91 Å². The Labute approximate surface area is 167 Å². The van der Waals surface area contributed by atoms with Gasteiger partial charge in [0.05, 0.1) is 6.07 Å². The predicted molar refractivity (Wildman–Crippen MR) is 109 cm³/mol. The summed E-state index contributed by atoms with van der Waals surface area (Å²) in [5.41, 5.74) is 3.22. The van der Waals surface area contributed by atoms with E-state index in [1.54, 1.807) is 0 Å². The van der Waals surface area contributed by atoms with E-state index in [0.717, 1.165) is 22.6 Å². The third-order valence-corrected chi connectivity index (χ3v) is 4.25. The Morgan fingerprint density at radius 1 is 1.11 bits per heavy atom. The maximum atomic E-state index is 11.4. The number of nitriles is 1. The number of hydrogen-bond donors (Lipinski definition) is 1. The van der Waals surface area contributed by atoms with Crippen LogP contribution in [0.25, 0.3) is 0 Å². The SMILES string of the molecule is Cc1cccc(C(C)(C)C)c1OCCOc1cccc(CNC(=O)CC#N)c1. The first-order valence-corrected chi connectivity index (χ1v) is 9.39. The number of carbonyl (C=O) groups is 1. The molecule has 148 valence electrons. The number of amides is 1. The molecular formula is C23H28N2O3. The molecule has 2 rings (SSSR count). The van der Waals surface area contributed by atoms with Crippen LogP contribution in [0.2, 0.25) is 0 Å². The molecule has 1 N–H and O–H groups in total. The van der Waals surface area contributed by atoms with Crippen molar-refractivity contribution in [3.63, 3.8) is 0 Å². The number of rotatable bonds is 8. The summed E-state index contributed by atoms with van der Waals surface area (Å²) in [6.45, 7) is 9.80.